The predicted octanol–water partition coefficient (Wildman–Crippen LogP) is 9.86. The minimum Gasteiger partial charge on any atom is -0.699 e. The van der Waals surface area contributed by atoms with Gasteiger partial charge in [-0.3, -0.25) is 0 Å². The third kappa shape index (κ3) is 11.0. The van der Waals surface area contributed by atoms with E-state index >= 15 is 0 Å². The number of rotatable bonds is 3. The zero-order chi connectivity index (χ0) is 22.6. The Labute approximate surface area is 237 Å². The summed E-state index contributed by atoms with van der Waals surface area (Å²) < 4.78 is 0. The summed E-state index contributed by atoms with van der Waals surface area (Å²) in [5.41, 5.74) is 11.8. The fraction of sp³-hybridized carbons (Fsp3) is 0. The van der Waals surface area contributed by atoms with Crippen LogP contribution in [0.3, 0.4) is 0 Å². The summed E-state index contributed by atoms with van der Waals surface area (Å²) in [4.78, 5) is 0. The van der Waals surface area contributed by atoms with Crippen molar-refractivity contribution in [1.82, 2.24) is 0 Å². The van der Waals surface area contributed by atoms with Crippen LogP contribution in [0.15, 0.2) is 147 Å². The van der Waals surface area contributed by atoms with Crippen LogP contribution in [-0.2, 0) is 21.7 Å². The summed E-state index contributed by atoms with van der Waals surface area (Å²) in [5.74, 6) is 0. The molecule has 0 heterocycles. The predicted molar refractivity (Wildman–Crippen MR) is 159 cm³/mol. The molecular weight excluding hydrogens is 486 g/mol. The second-order valence-electron chi connectivity index (χ2n) is 7.21. The molecule has 0 aliphatic carbocycles. The van der Waals surface area contributed by atoms with Crippen molar-refractivity contribution >= 4 is 38.6 Å². The van der Waals surface area contributed by atoms with Crippen molar-refractivity contribution in [2.45, 2.75) is 0 Å². The van der Waals surface area contributed by atoms with Crippen molar-refractivity contribution in [3.63, 3.8) is 0 Å². The van der Waals surface area contributed by atoms with Crippen LogP contribution in [0.4, 0.5) is 5.69 Å². The van der Waals surface area contributed by atoms with E-state index in [1.165, 1.54) is 10.8 Å². The molecule has 178 valence electrons. The van der Waals surface area contributed by atoms with E-state index < -0.39 is 0 Å². The maximum Gasteiger partial charge on any atom is 4.00 e. The van der Waals surface area contributed by atoms with Gasteiger partial charge < -0.3 is 20.6 Å². The quantitative estimate of drug-likeness (QED) is 0.129. The minimum atomic E-state index is 0. The first-order valence-corrected chi connectivity index (χ1v) is 10.5. The average molecular weight is 520 g/mol. The molecule has 5 aromatic carbocycles. The van der Waals surface area contributed by atoms with E-state index in [2.05, 4.69) is 79.9 Å². The summed E-state index contributed by atoms with van der Waals surface area (Å²) in [7, 11) is 0. The minimum absolute atomic E-state index is 0. The molecular formula is C33H33NSiTi. The van der Waals surface area contributed by atoms with Crippen molar-refractivity contribution in [3.05, 3.63) is 178 Å². The van der Waals surface area contributed by atoms with E-state index in [0.717, 1.165) is 22.3 Å². The van der Waals surface area contributed by atoms with Crippen LogP contribution < -0.4 is 0 Å². The number of nitrogens with one attached hydrogen (secondary N) is 1. The third-order valence-corrected chi connectivity index (χ3v) is 4.93. The zero-order valence-corrected chi connectivity index (χ0v) is 23.7. The van der Waals surface area contributed by atoms with E-state index in [-0.39, 0.29) is 47.5 Å². The van der Waals surface area contributed by atoms with Crippen LogP contribution >= 0.6 is 0 Å². The summed E-state index contributed by atoms with van der Waals surface area (Å²) in [6.45, 7) is 8.20. The Bertz CT molecular complexity index is 1170. The van der Waals surface area contributed by atoms with Gasteiger partial charge in [-0.25, -0.2) is 0 Å². The molecule has 0 aliphatic heterocycles. The summed E-state index contributed by atoms with van der Waals surface area (Å²) in [5, 5.41) is 2.66. The molecule has 5 rings (SSSR count). The smallest absolute Gasteiger partial charge is 0.699 e. The Morgan fingerprint density at radius 1 is 0.556 bits per heavy atom. The van der Waals surface area contributed by atoms with Gasteiger partial charge in [-0.05, 0) is 22.3 Å². The first-order chi connectivity index (χ1) is 15.6. The van der Waals surface area contributed by atoms with Crippen molar-refractivity contribution in [3.8, 4) is 0 Å². The average Bonchev–Trinajstić information content (AvgIpc) is 3.35. The Hall–Kier alpha value is -3.30. The van der Waals surface area contributed by atoms with Crippen LogP contribution in [0.1, 0.15) is 11.1 Å². The Kier molecular flexibility index (Phi) is 18.4. The number of hydrogen-bond donors (Lipinski definition) is 0. The van der Waals surface area contributed by atoms with E-state index in [9.17, 15) is 0 Å². The monoisotopic (exact) mass is 519 g/mol. The fourth-order valence-electron chi connectivity index (χ4n) is 3.14. The Morgan fingerprint density at radius 3 is 1.33 bits per heavy atom. The van der Waals surface area contributed by atoms with Gasteiger partial charge in [0.1, 0.15) is 0 Å². The summed E-state index contributed by atoms with van der Waals surface area (Å²) >= 11 is 0. The van der Waals surface area contributed by atoms with Gasteiger partial charge in [0.25, 0.3) is 0 Å². The van der Waals surface area contributed by atoms with E-state index in [1.54, 1.807) is 12.1 Å². The second-order valence-corrected chi connectivity index (χ2v) is 7.21. The molecule has 4 radical (unpaired) electrons. The van der Waals surface area contributed by atoms with Crippen molar-refractivity contribution in [2.75, 3.05) is 0 Å². The second kappa shape index (κ2) is 19.0. The van der Waals surface area contributed by atoms with Gasteiger partial charge in [0.2, 0.25) is 0 Å². The molecule has 1 N–H and O–H groups in total. The van der Waals surface area contributed by atoms with Crippen LogP contribution in [0.2, 0.25) is 0 Å². The van der Waals surface area contributed by atoms with Gasteiger partial charge in [-0.15, -0.1) is 35.3 Å². The van der Waals surface area contributed by atoms with Gasteiger partial charge in [0.15, 0.2) is 0 Å². The Balaban J connectivity index is 0. The maximum absolute atomic E-state index is 7.00. The van der Waals surface area contributed by atoms with Crippen molar-refractivity contribution < 1.29 is 21.7 Å². The van der Waals surface area contributed by atoms with Gasteiger partial charge in [0.05, 0.1) is 0 Å². The van der Waals surface area contributed by atoms with Crippen LogP contribution in [0.5, 0.6) is 0 Å². The SMILES string of the molecule is C=C(C(=C)c1ccccc1)c1ccccc1.[CH3-].[CH3-].[NH-]c1ccccc1.[Si].[Ti+4].c1ccc2[cH-]ccc2c1. The maximum atomic E-state index is 7.00. The standard InChI is InChI=1S/C16H14.C9H7.C6H6N.2CH3.Si.Ti/c1-13(15-9-5-3-6-10-15)14(2)16-11-7-4-8-12-16;1-2-5-9-7-3-6-8(9)4-1;7-6-4-2-1-3-5-6;;;;/h3-12H,1-2H2;1-7H;1-5,7H;2*1H3;;/q;4*-1;;+4. The molecule has 1 nitrogen and oxygen atoms in total. The molecule has 5 aromatic rings. The van der Waals surface area contributed by atoms with Crippen LogP contribution in [-0.4, -0.2) is 11.0 Å². The summed E-state index contributed by atoms with van der Waals surface area (Å²) in [6.07, 6.45) is 0. The molecule has 0 aromatic heterocycles. The van der Waals surface area contributed by atoms with E-state index in [4.69, 9.17) is 5.73 Å². The van der Waals surface area contributed by atoms with Gasteiger partial charge >= 0.3 is 21.7 Å². The van der Waals surface area contributed by atoms with Gasteiger partial charge in [-0.2, -0.15) is 17.5 Å². The number of benzene rings is 4. The molecule has 0 saturated heterocycles. The Morgan fingerprint density at radius 2 is 0.944 bits per heavy atom. The van der Waals surface area contributed by atoms with Crippen molar-refractivity contribution in [1.29, 1.82) is 0 Å². The molecule has 0 unspecified atom stereocenters. The number of fused-ring (bicyclic) bond motifs is 1. The first kappa shape index (κ1) is 34.9. The molecule has 0 spiro atoms. The molecule has 36 heavy (non-hydrogen) atoms. The fourth-order valence-corrected chi connectivity index (χ4v) is 3.14. The topological polar surface area (TPSA) is 23.8 Å². The molecule has 0 atom stereocenters. The largest absolute Gasteiger partial charge is 4.00 e. The van der Waals surface area contributed by atoms with Gasteiger partial charge in [-0.1, -0.05) is 110 Å². The van der Waals surface area contributed by atoms with Crippen molar-refractivity contribution in [2.24, 2.45) is 0 Å². The molecule has 0 fully saturated rings. The van der Waals surface area contributed by atoms with Crippen LogP contribution in [0, 0.1) is 14.9 Å². The number of allylic oxidation sites excluding steroid dienone is 2. The van der Waals surface area contributed by atoms with Gasteiger partial charge in [0, 0.05) is 11.0 Å². The zero-order valence-electron chi connectivity index (χ0n) is 21.1. The summed E-state index contributed by atoms with van der Waals surface area (Å²) in [6, 6.07) is 44.0. The first-order valence-electron chi connectivity index (χ1n) is 10.5. The molecule has 0 bridgehead atoms. The van der Waals surface area contributed by atoms with E-state index in [1.807, 2.05) is 54.6 Å². The molecule has 0 saturated carbocycles. The third-order valence-electron chi connectivity index (χ3n) is 4.93. The molecule has 0 aliphatic rings. The molecule has 3 heteroatoms. The van der Waals surface area contributed by atoms with E-state index in [0.29, 0.717) is 5.69 Å². The van der Waals surface area contributed by atoms with Crippen LogP contribution in [0.25, 0.3) is 27.7 Å². The molecule has 0 amide bonds. The number of hydrogen-bond acceptors (Lipinski definition) is 0. The normalized spacial score (nSPS) is 8.56.